The van der Waals surface area contributed by atoms with E-state index in [-0.39, 0.29) is 18.3 Å². The van der Waals surface area contributed by atoms with Gasteiger partial charge >= 0.3 is 6.09 Å². The Hall–Kier alpha value is -0.810. The van der Waals surface area contributed by atoms with Gasteiger partial charge in [-0.1, -0.05) is 0 Å². The van der Waals surface area contributed by atoms with E-state index in [0.29, 0.717) is 13.0 Å². The van der Waals surface area contributed by atoms with E-state index >= 15 is 0 Å². The molecule has 2 aliphatic rings. The highest BCUT2D eigenvalue weighted by atomic mass is 16.6. The Morgan fingerprint density at radius 1 is 1.41 bits per heavy atom. The molecule has 2 fully saturated rings. The lowest BCUT2D eigenvalue weighted by molar-refractivity contribution is -0.0826. The summed E-state index contributed by atoms with van der Waals surface area (Å²) in [5, 5.41) is 8.77. The van der Waals surface area contributed by atoms with Gasteiger partial charge in [-0.3, -0.25) is 0 Å². The van der Waals surface area contributed by atoms with Crippen molar-refractivity contribution in [3.05, 3.63) is 0 Å². The third kappa shape index (κ3) is 2.90. The number of carbonyl (C=O) groups excluding carboxylic acids is 1. The molecule has 1 unspecified atom stereocenters. The Morgan fingerprint density at radius 2 is 2.24 bits per heavy atom. The molecule has 1 N–H and O–H groups in total. The summed E-state index contributed by atoms with van der Waals surface area (Å²) in [5.74, 6) is 0. The Bertz CT molecular complexity index is 285. The van der Waals surface area contributed by atoms with Crippen molar-refractivity contribution in [1.29, 1.82) is 0 Å². The Labute approximate surface area is 102 Å². The maximum absolute atomic E-state index is 11.9. The SMILES string of the molecule is CN1CCCC2(CCN(CCCO)C(=O)O2)C1. The number of amides is 1. The second-order valence-corrected chi connectivity index (χ2v) is 5.21. The van der Waals surface area contributed by atoms with E-state index in [4.69, 9.17) is 9.84 Å². The molecule has 98 valence electrons. The molecule has 5 nitrogen and oxygen atoms in total. The first-order valence-electron chi connectivity index (χ1n) is 6.42. The van der Waals surface area contributed by atoms with Gasteiger partial charge in [0.15, 0.2) is 0 Å². The third-order valence-corrected chi connectivity index (χ3v) is 3.72. The first-order valence-corrected chi connectivity index (χ1v) is 6.42. The average molecular weight is 242 g/mol. The maximum atomic E-state index is 11.9. The molecule has 2 saturated heterocycles. The summed E-state index contributed by atoms with van der Waals surface area (Å²) >= 11 is 0. The third-order valence-electron chi connectivity index (χ3n) is 3.72. The molecule has 0 saturated carbocycles. The molecule has 2 rings (SSSR count). The molecule has 1 amide bonds. The van der Waals surface area contributed by atoms with E-state index in [1.54, 1.807) is 4.90 Å². The number of nitrogens with zero attached hydrogens (tertiary/aromatic N) is 2. The minimum atomic E-state index is -0.250. The van der Waals surface area contributed by atoms with E-state index in [0.717, 1.165) is 38.9 Å². The summed E-state index contributed by atoms with van der Waals surface area (Å²) in [4.78, 5) is 15.8. The number of rotatable bonds is 3. The van der Waals surface area contributed by atoms with Crippen LogP contribution < -0.4 is 0 Å². The van der Waals surface area contributed by atoms with Crippen molar-refractivity contribution >= 4 is 6.09 Å². The number of hydrogen-bond acceptors (Lipinski definition) is 4. The first kappa shape index (κ1) is 12.6. The van der Waals surface area contributed by atoms with Crippen molar-refractivity contribution in [3.8, 4) is 0 Å². The van der Waals surface area contributed by atoms with Crippen LogP contribution in [0.3, 0.4) is 0 Å². The molecule has 5 heteroatoms. The Kier molecular flexibility index (Phi) is 3.89. The van der Waals surface area contributed by atoms with Crippen LogP contribution in [-0.2, 0) is 4.74 Å². The van der Waals surface area contributed by atoms with Gasteiger partial charge in [-0.15, -0.1) is 0 Å². The maximum Gasteiger partial charge on any atom is 0.410 e. The Morgan fingerprint density at radius 3 is 2.88 bits per heavy atom. The predicted octanol–water partition coefficient (Wildman–Crippen LogP) is 0.675. The minimum absolute atomic E-state index is 0.123. The molecular formula is C12H22N2O3. The first-order chi connectivity index (χ1) is 8.15. The predicted molar refractivity (Wildman–Crippen MR) is 63.8 cm³/mol. The second kappa shape index (κ2) is 5.23. The van der Waals surface area contributed by atoms with Crippen LogP contribution in [0.25, 0.3) is 0 Å². The fraction of sp³-hybridized carbons (Fsp3) is 0.917. The highest BCUT2D eigenvalue weighted by Crippen LogP contribution is 2.32. The molecule has 1 atom stereocenters. The molecule has 0 aromatic carbocycles. The van der Waals surface area contributed by atoms with Crippen LogP contribution in [0.4, 0.5) is 4.79 Å². The number of likely N-dealkylation sites (tertiary alicyclic amines) is 1. The summed E-state index contributed by atoms with van der Waals surface area (Å²) in [6, 6.07) is 0. The van der Waals surface area contributed by atoms with Crippen LogP contribution in [0.5, 0.6) is 0 Å². The zero-order valence-corrected chi connectivity index (χ0v) is 10.5. The molecule has 2 aliphatic heterocycles. The molecule has 17 heavy (non-hydrogen) atoms. The van der Waals surface area contributed by atoms with Crippen molar-refractivity contribution in [2.24, 2.45) is 0 Å². The summed E-state index contributed by atoms with van der Waals surface area (Å²) in [6.07, 6.45) is 3.41. The van der Waals surface area contributed by atoms with E-state index in [1.807, 2.05) is 0 Å². The molecular weight excluding hydrogens is 220 g/mol. The zero-order chi connectivity index (χ0) is 12.3. The fourth-order valence-corrected chi connectivity index (χ4v) is 2.80. The summed E-state index contributed by atoms with van der Waals surface area (Å²) in [5.41, 5.74) is -0.250. The number of aliphatic hydroxyl groups excluding tert-OH is 1. The number of aliphatic hydroxyl groups is 1. The van der Waals surface area contributed by atoms with E-state index in [9.17, 15) is 4.79 Å². The normalized spacial score (nSPS) is 30.7. The standard InChI is InChI=1S/C12H22N2O3/c1-13-6-2-4-12(10-13)5-8-14(7-3-9-15)11(16)17-12/h15H,2-10H2,1H3. The van der Waals surface area contributed by atoms with Crippen LogP contribution in [-0.4, -0.2) is 66.4 Å². The van der Waals surface area contributed by atoms with Gasteiger partial charge in [0, 0.05) is 32.7 Å². The Balaban J connectivity index is 1.91. The minimum Gasteiger partial charge on any atom is -0.441 e. The molecule has 1 spiro atoms. The zero-order valence-electron chi connectivity index (χ0n) is 10.5. The topological polar surface area (TPSA) is 53.0 Å². The van der Waals surface area contributed by atoms with Gasteiger partial charge in [0.1, 0.15) is 5.60 Å². The van der Waals surface area contributed by atoms with Gasteiger partial charge in [-0.2, -0.15) is 0 Å². The monoisotopic (exact) mass is 242 g/mol. The molecule has 0 radical (unpaired) electrons. The van der Waals surface area contributed by atoms with Gasteiger partial charge in [-0.05, 0) is 32.9 Å². The lowest BCUT2D eigenvalue weighted by Gasteiger charge is -2.45. The van der Waals surface area contributed by atoms with E-state index < -0.39 is 0 Å². The quantitative estimate of drug-likeness (QED) is 0.790. The largest absolute Gasteiger partial charge is 0.441 e. The lowest BCUT2D eigenvalue weighted by atomic mass is 9.88. The number of carbonyl (C=O) groups is 1. The van der Waals surface area contributed by atoms with E-state index in [2.05, 4.69) is 11.9 Å². The van der Waals surface area contributed by atoms with Gasteiger partial charge in [-0.25, -0.2) is 4.79 Å². The highest BCUT2D eigenvalue weighted by molar-refractivity contribution is 5.69. The van der Waals surface area contributed by atoms with Crippen molar-refractivity contribution in [2.75, 3.05) is 39.8 Å². The van der Waals surface area contributed by atoms with Crippen molar-refractivity contribution in [1.82, 2.24) is 9.80 Å². The van der Waals surface area contributed by atoms with Crippen molar-refractivity contribution < 1.29 is 14.6 Å². The van der Waals surface area contributed by atoms with Gasteiger partial charge in [0.2, 0.25) is 0 Å². The molecule has 0 aliphatic carbocycles. The molecule has 0 aromatic rings. The second-order valence-electron chi connectivity index (χ2n) is 5.21. The van der Waals surface area contributed by atoms with Gasteiger partial charge < -0.3 is 19.6 Å². The van der Waals surface area contributed by atoms with Crippen LogP contribution in [0.1, 0.15) is 25.7 Å². The summed E-state index contributed by atoms with van der Waals surface area (Å²) in [6.45, 7) is 3.42. The summed E-state index contributed by atoms with van der Waals surface area (Å²) in [7, 11) is 2.08. The number of piperidine rings is 1. The molecule has 0 bridgehead atoms. The number of ether oxygens (including phenoxy) is 1. The van der Waals surface area contributed by atoms with Crippen molar-refractivity contribution in [2.45, 2.75) is 31.3 Å². The smallest absolute Gasteiger partial charge is 0.410 e. The van der Waals surface area contributed by atoms with Crippen LogP contribution in [0.2, 0.25) is 0 Å². The van der Waals surface area contributed by atoms with Crippen LogP contribution >= 0.6 is 0 Å². The molecule has 2 heterocycles. The average Bonchev–Trinajstić information content (AvgIpc) is 2.28. The van der Waals surface area contributed by atoms with Crippen LogP contribution in [0, 0.1) is 0 Å². The van der Waals surface area contributed by atoms with Gasteiger partial charge in [0.25, 0.3) is 0 Å². The van der Waals surface area contributed by atoms with Crippen molar-refractivity contribution in [3.63, 3.8) is 0 Å². The number of hydrogen-bond donors (Lipinski definition) is 1. The van der Waals surface area contributed by atoms with E-state index in [1.165, 1.54) is 0 Å². The lowest BCUT2D eigenvalue weighted by Crippen LogP contribution is -2.56. The van der Waals surface area contributed by atoms with Gasteiger partial charge in [0.05, 0.1) is 0 Å². The fourth-order valence-electron chi connectivity index (χ4n) is 2.80. The van der Waals surface area contributed by atoms with Crippen LogP contribution in [0.15, 0.2) is 0 Å². The number of likely N-dealkylation sites (N-methyl/N-ethyl adjacent to an activating group) is 1. The molecule has 0 aromatic heterocycles. The summed E-state index contributed by atoms with van der Waals surface area (Å²) < 4.78 is 5.66. The highest BCUT2D eigenvalue weighted by Gasteiger charge is 2.42.